The SMILES string of the molecule is CSNc1ccn(C(=O)N2CCN(Cc3ccc(C(F)(F)F)cc3N3CCC4(CCN(C)CC4)C3)CC2)n1. The molecule has 1 N–H and O–H groups in total. The van der Waals surface area contributed by atoms with Gasteiger partial charge in [0.05, 0.1) is 5.56 Å². The summed E-state index contributed by atoms with van der Waals surface area (Å²) in [6.45, 7) is 6.64. The Morgan fingerprint density at radius 3 is 2.45 bits per heavy atom. The summed E-state index contributed by atoms with van der Waals surface area (Å²) in [6, 6.07) is 5.79. The Hall–Kier alpha value is -2.44. The number of likely N-dealkylation sites (tertiary alicyclic amines) is 1. The second-order valence-corrected chi connectivity index (χ2v) is 11.4. The van der Waals surface area contributed by atoms with Gasteiger partial charge in [0.2, 0.25) is 0 Å². The predicted octanol–water partition coefficient (Wildman–Crippen LogP) is 4.30. The van der Waals surface area contributed by atoms with Gasteiger partial charge in [-0.1, -0.05) is 18.0 Å². The van der Waals surface area contributed by atoms with Crippen LogP contribution in [0.4, 0.5) is 29.5 Å². The minimum Gasteiger partial charge on any atom is -0.371 e. The van der Waals surface area contributed by atoms with Crippen LogP contribution in [0.3, 0.4) is 0 Å². The Labute approximate surface area is 226 Å². The molecule has 0 aliphatic carbocycles. The molecule has 4 heterocycles. The van der Waals surface area contributed by atoms with Crippen molar-refractivity contribution in [3.63, 3.8) is 0 Å². The molecule has 0 atom stereocenters. The first-order valence-corrected chi connectivity index (χ1v) is 14.4. The molecule has 3 aliphatic rings. The number of amides is 1. The lowest BCUT2D eigenvalue weighted by molar-refractivity contribution is -0.137. The van der Waals surface area contributed by atoms with Gasteiger partial charge in [-0.2, -0.15) is 17.9 Å². The van der Waals surface area contributed by atoms with E-state index in [1.807, 2.05) is 6.26 Å². The molecule has 0 unspecified atom stereocenters. The largest absolute Gasteiger partial charge is 0.416 e. The van der Waals surface area contributed by atoms with Crippen LogP contribution in [0, 0.1) is 5.41 Å². The van der Waals surface area contributed by atoms with Crippen molar-refractivity contribution >= 4 is 29.5 Å². The Morgan fingerprint density at radius 1 is 1.05 bits per heavy atom. The van der Waals surface area contributed by atoms with Gasteiger partial charge in [0, 0.05) is 70.0 Å². The number of benzene rings is 1. The van der Waals surface area contributed by atoms with Crippen LogP contribution in [0.15, 0.2) is 30.5 Å². The molecular weight excluding hydrogens is 515 g/mol. The van der Waals surface area contributed by atoms with Gasteiger partial charge < -0.3 is 19.4 Å². The van der Waals surface area contributed by atoms with Gasteiger partial charge in [-0.15, -0.1) is 5.10 Å². The summed E-state index contributed by atoms with van der Waals surface area (Å²) in [4.78, 5) is 21.4. The molecule has 1 amide bonds. The summed E-state index contributed by atoms with van der Waals surface area (Å²) < 4.78 is 45.3. The molecule has 0 radical (unpaired) electrons. The summed E-state index contributed by atoms with van der Waals surface area (Å²) in [7, 11) is 2.13. The van der Waals surface area contributed by atoms with Crippen molar-refractivity contribution in [1.29, 1.82) is 0 Å². The standard InChI is InChI=1S/C26H36F3N7OS/c1-32-10-6-25(7-11-32)8-12-35(19-25)22-17-21(26(27,28)29)4-3-20(22)18-33-13-15-34(16-14-33)24(37)36-9-5-23(30-36)31-38-2/h3-5,9,17H,6-8,10-16,18-19H2,1-2H3,(H,30,31). The van der Waals surface area contributed by atoms with Crippen molar-refractivity contribution in [2.45, 2.75) is 32.0 Å². The maximum absolute atomic E-state index is 13.7. The summed E-state index contributed by atoms with van der Waals surface area (Å²) in [6.07, 6.45) is 2.37. The van der Waals surface area contributed by atoms with Gasteiger partial charge in [-0.25, -0.2) is 4.79 Å². The quantitative estimate of drug-likeness (QED) is 0.556. The van der Waals surface area contributed by atoms with Crippen molar-refractivity contribution in [3.05, 3.63) is 41.6 Å². The molecule has 0 saturated carbocycles. The number of nitrogens with one attached hydrogen (secondary N) is 1. The fourth-order valence-corrected chi connectivity index (χ4v) is 6.20. The van der Waals surface area contributed by atoms with Gasteiger partial charge in [-0.3, -0.25) is 4.90 Å². The average Bonchev–Trinajstić information content (AvgIpc) is 3.54. The fourth-order valence-electron chi connectivity index (χ4n) is 5.88. The lowest BCUT2D eigenvalue weighted by Crippen LogP contribution is -2.49. The summed E-state index contributed by atoms with van der Waals surface area (Å²) in [5.74, 6) is 0.628. The number of anilines is 2. The van der Waals surface area contributed by atoms with Crippen molar-refractivity contribution in [3.8, 4) is 0 Å². The molecule has 208 valence electrons. The van der Waals surface area contributed by atoms with Gasteiger partial charge in [0.15, 0.2) is 5.82 Å². The van der Waals surface area contributed by atoms with Crippen LogP contribution in [-0.4, -0.2) is 96.2 Å². The van der Waals surface area contributed by atoms with Crippen molar-refractivity contribution in [2.75, 3.05) is 75.3 Å². The molecule has 3 saturated heterocycles. The third-order valence-corrected chi connectivity index (χ3v) is 8.68. The molecule has 2 aromatic rings. The smallest absolute Gasteiger partial charge is 0.371 e. The number of halogens is 3. The maximum atomic E-state index is 13.7. The molecule has 38 heavy (non-hydrogen) atoms. The van der Waals surface area contributed by atoms with E-state index < -0.39 is 11.7 Å². The number of alkyl halides is 3. The normalized spacial score (nSPS) is 20.9. The molecule has 1 spiro atoms. The minimum absolute atomic E-state index is 0.172. The van der Waals surface area contributed by atoms with E-state index in [2.05, 4.69) is 31.6 Å². The Kier molecular flexibility index (Phi) is 7.84. The number of rotatable bonds is 5. The van der Waals surface area contributed by atoms with Gasteiger partial charge in [0.25, 0.3) is 0 Å². The summed E-state index contributed by atoms with van der Waals surface area (Å²) in [5.41, 5.74) is 1.23. The first-order chi connectivity index (χ1) is 18.2. The van der Waals surface area contributed by atoms with Crippen LogP contribution in [-0.2, 0) is 12.7 Å². The van der Waals surface area contributed by atoms with Crippen LogP contribution < -0.4 is 9.62 Å². The third-order valence-electron chi connectivity index (χ3n) is 8.27. The lowest BCUT2D eigenvalue weighted by Gasteiger charge is -2.38. The third kappa shape index (κ3) is 5.91. The topological polar surface area (TPSA) is 59.9 Å². The highest BCUT2D eigenvalue weighted by atomic mass is 32.2. The molecule has 3 aliphatic heterocycles. The number of nitrogens with zero attached hydrogens (tertiary/aromatic N) is 6. The molecule has 1 aromatic carbocycles. The number of hydrogen-bond donors (Lipinski definition) is 1. The zero-order chi connectivity index (χ0) is 26.9. The molecule has 3 fully saturated rings. The first kappa shape index (κ1) is 27.1. The molecule has 0 bridgehead atoms. The number of hydrogen-bond acceptors (Lipinski definition) is 7. The number of carbonyl (C=O) groups is 1. The second kappa shape index (κ2) is 11.0. The molecule has 5 rings (SSSR count). The Bertz CT molecular complexity index is 1120. The van der Waals surface area contributed by atoms with Gasteiger partial charge in [0.1, 0.15) is 0 Å². The van der Waals surface area contributed by atoms with Crippen LogP contribution in [0.2, 0.25) is 0 Å². The maximum Gasteiger partial charge on any atom is 0.416 e. The number of aromatic nitrogens is 2. The average molecular weight is 552 g/mol. The van der Waals surface area contributed by atoms with Crippen molar-refractivity contribution < 1.29 is 18.0 Å². The summed E-state index contributed by atoms with van der Waals surface area (Å²) in [5, 5.41) is 4.27. The van der Waals surface area contributed by atoms with E-state index in [-0.39, 0.29) is 11.4 Å². The van der Waals surface area contributed by atoms with E-state index in [4.69, 9.17) is 0 Å². The van der Waals surface area contributed by atoms with Crippen molar-refractivity contribution in [2.24, 2.45) is 5.41 Å². The van der Waals surface area contributed by atoms with E-state index in [0.717, 1.165) is 51.0 Å². The van der Waals surface area contributed by atoms with Crippen LogP contribution in [0.5, 0.6) is 0 Å². The van der Waals surface area contributed by atoms with Gasteiger partial charge >= 0.3 is 12.2 Å². The summed E-state index contributed by atoms with van der Waals surface area (Å²) >= 11 is 1.41. The fraction of sp³-hybridized carbons (Fsp3) is 0.615. The number of piperidine rings is 1. The van der Waals surface area contributed by atoms with Crippen molar-refractivity contribution in [1.82, 2.24) is 24.5 Å². The minimum atomic E-state index is -4.37. The molecular formula is C26H36F3N7OS. The Morgan fingerprint density at radius 2 is 1.76 bits per heavy atom. The zero-order valence-corrected chi connectivity index (χ0v) is 22.8. The number of carbonyl (C=O) groups excluding carboxylic acids is 1. The molecule has 1 aromatic heterocycles. The van der Waals surface area contributed by atoms with Gasteiger partial charge in [-0.05, 0) is 62.5 Å². The number of piperazine rings is 1. The molecule has 12 heteroatoms. The highest BCUT2D eigenvalue weighted by molar-refractivity contribution is 7.99. The van der Waals surface area contributed by atoms with E-state index in [1.165, 1.54) is 28.8 Å². The first-order valence-electron chi connectivity index (χ1n) is 13.2. The van der Waals surface area contributed by atoms with E-state index >= 15 is 0 Å². The van der Waals surface area contributed by atoms with E-state index in [9.17, 15) is 18.0 Å². The highest BCUT2D eigenvalue weighted by Gasteiger charge is 2.41. The predicted molar refractivity (Wildman–Crippen MR) is 144 cm³/mol. The van der Waals surface area contributed by atoms with Crippen LogP contribution in [0.1, 0.15) is 30.4 Å². The highest BCUT2D eigenvalue weighted by Crippen LogP contribution is 2.43. The molecule has 8 nitrogen and oxygen atoms in total. The lowest BCUT2D eigenvalue weighted by atomic mass is 9.78. The van der Waals surface area contributed by atoms with E-state index in [0.29, 0.717) is 44.2 Å². The monoisotopic (exact) mass is 551 g/mol. The van der Waals surface area contributed by atoms with E-state index in [1.54, 1.807) is 23.2 Å². The van der Waals surface area contributed by atoms with Crippen LogP contribution in [0.25, 0.3) is 0 Å². The second-order valence-electron chi connectivity index (χ2n) is 10.8. The van der Waals surface area contributed by atoms with Crippen LogP contribution >= 0.6 is 11.9 Å². The Balaban J connectivity index is 1.26. The zero-order valence-electron chi connectivity index (χ0n) is 22.0.